The highest BCUT2D eigenvalue weighted by Crippen LogP contribution is 2.14. The van der Waals surface area contributed by atoms with Crippen molar-refractivity contribution in [3.05, 3.63) is 52.6 Å². The molecule has 0 bridgehead atoms. The van der Waals surface area contributed by atoms with E-state index >= 15 is 0 Å². The van der Waals surface area contributed by atoms with Crippen LogP contribution in [-0.2, 0) is 6.42 Å². The molecule has 0 spiro atoms. The minimum atomic E-state index is -0.362. The molecular formula is C14H19NO2. The zero-order chi connectivity index (χ0) is 12.5. The molecule has 1 rings (SSSR count). The summed E-state index contributed by atoms with van der Waals surface area (Å²) in [6.45, 7) is 3.69. The summed E-state index contributed by atoms with van der Waals surface area (Å²) >= 11 is 0. The van der Waals surface area contributed by atoms with Crippen LogP contribution in [0.3, 0.4) is 0 Å². The van der Waals surface area contributed by atoms with Crippen molar-refractivity contribution in [3.8, 4) is 0 Å². The summed E-state index contributed by atoms with van der Waals surface area (Å²) in [5.74, 6) is 0. The Labute approximate surface area is 102 Å². The summed E-state index contributed by atoms with van der Waals surface area (Å²) < 4.78 is 0. The Balaban J connectivity index is 2.23. The van der Waals surface area contributed by atoms with Gasteiger partial charge in [-0.25, -0.2) is 0 Å². The Bertz CT molecular complexity index is 357. The second kappa shape index (κ2) is 7.60. The highest BCUT2D eigenvalue weighted by Gasteiger charge is 2.03. The molecule has 0 N–H and O–H groups in total. The van der Waals surface area contributed by atoms with Crippen LogP contribution in [0, 0.1) is 10.1 Å². The van der Waals surface area contributed by atoms with Crippen molar-refractivity contribution in [2.75, 3.05) is 0 Å². The number of allylic oxidation sites excluding steroid dienone is 1. The molecule has 3 nitrogen and oxygen atoms in total. The molecule has 0 saturated carbocycles. The zero-order valence-electron chi connectivity index (χ0n) is 10.1. The molecule has 0 radical (unpaired) electrons. The van der Waals surface area contributed by atoms with Gasteiger partial charge in [0.25, 0.3) is 5.69 Å². The number of non-ortho nitro benzene ring substituents is 1. The topological polar surface area (TPSA) is 43.1 Å². The van der Waals surface area contributed by atoms with Gasteiger partial charge in [-0.3, -0.25) is 10.1 Å². The van der Waals surface area contributed by atoms with Gasteiger partial charge in [-0.2, -0.15) is 0 Å². The van der Waals surface area contributed by atoms with Crippen LogP contribution >= 0.6 is 0 Å². The Hall–Kier alpha value is -1.64. The van der Waals surface area contributed by atoms with Crippen LogP contribution in [0.1, 0.15) is 37.7 Å². The molecule has 0 heterocycles. The summed E-state index contributed by atoms with van der Waals surface area (Å²) in [5, 5.41) is 10.5. The number of hydrogen-bond donors (Lipinski definition) is 0. The Morgan fingerprint density at radius 3 is 2.35 bits per heavy atom. The molecule has 0 atom stereocenters. The molecule has 0 fully saturated rings. The third kappa shape index (κ3) is 5.29. The number of unbranched alkanes of at least 4 members (excludes halogenated alkanes) is 4. The zero-order valence-corrected chi connectivity index (χ0v) is 10.1. The van der Waals surface area contributed by atoms with Crippen molar-refractivity contribution >= 4 is 5.69 Å². The number of hydrogen-bond acceptors (Lipinski definition) is 2. The molecule has 0 unspecified atom stereocenters. The van der Waals surface area contributed by atoms with Gasteiger partial charge in [-0.1, -0.05) is 31.1 Å². The van der Waals surface area contributed by atoms with Gasteiger partial charge in [0.15, 0.2) is 0 Å². The predicted octanol–water partition coefficient (Wildman–Crippen LogP) is 4.27. The van der Waals surface area contributed by atoms with Crippen molar-refractivity contribution in [2.45, 2.75) is 38.5 Å². The van der Waals surface area contributed by atoms with Crippen molar-refractivity contribution in [1.82, 2.24) is 0 Å². The average molecular weight is 233 g/mol. The van der Waals surface area contributed by atoms with E-state index in [2.05, 4.69) is 6.58 Å². The standard InChI is InChI=1S/C14H19NO2/c1-2-3-4-5-6-7-8-13-9-11-14(12-10-13)15(16)17/h2,9-12H,1,3-8H2. The van der Waals surface area contributed by atoms with Crippen LogP contribution in [0.5, 0.6) is 0 Å². The SMILES string of the molecule is C=CCCCCCCc1ccc([N+](=O)[O-])cc1. The molecule has 17 heavy (non-hydrogen) atoms. The van der Waals surface area contributed by atoms with E-state index in [-0.39, 0.29) is 10.6 Å². The smallest absolute Gasteiger partial charge is 0.258 e. The van der Waals surface area contributed by atoms with Crippen LogP contribution in [0.4, 0.5) is 5.69 Å². The quantitative estimate of drug-likeness (QED) is 0.291. The van der Waals surface area contributed by atoms with Gasteiger partial charge in [-0.15, -0.1) is 6.58 Å². The molecule has 0 saturated heterocycles. The first-order valence-corrected chi connectivity index (χ1v) is 6.08. The van der Waals surface area contributed by atoms with Gasteiger partial charge >= 0.3 is 0 Å². The van der Waals surface area contributed by atoms with Crippen LogP contribution in [0.2, 0.25) is 0 Å². The normalized spacial score (nSPS) is 10.1. The lowest BCUT2D eigenvalue weighted by Gasteiger charge is -2.01. The van der Waals surface area contributed by atoms with Gasteiger partial charge in [0.2, 0.25) is 0 Å². The fraction of sp³-hybridized carbons (Fsp3) is 0.429. The summed E-state index contributed by atoms with van der Waals surface area (Å²) in [4.78, 5) is 10.1. The molecule has 0 aliphatic carbocycles. The first kappa shape index (κ1) is 13.4. The Kier molecular flexibility index (Phi) is 6.00. The Morgan fingerprint density at radius 1 is 1.12 bits per heavy atom. The van der Waals surface area contributed by atoms with Crippen LogP contribution in [-0.4, -0.2) is 4.92 Å². The molecule has 0 aliphatic heterocycles. The fourth-order valence-corrected chi connectivity index (χ4v) is 1.76. The third-order valence-electron chi connectivity index (χ3n) is 2.77. The van der Waals surface area contributed by atoms with E-state index in [9.17, 15) is 10.1 Å². The van der Waals surface area contributed by atoms with Gasteiger partial charge in [0.05, 0.1) is 4.92 Å². The van der Waals surface area contributed by atoms with Crippen LogP contribution in [0.25, 0.3) is 0 Å². The van der Waals surface area contributed by atoms with E-state index in [0.717, 1.165) is 19.3 Å². The first-order chi connectivity index (χ1) is 8.24. The van der Waals surface area contributed by atoms with Crippen molar-refractivity contribution in [2.24, 2.45) is 0 Å². The van der Waals surface area contributed by atoms with Crippen molar-refractivity contribution in [1.29, 1.82) is 0 Å². The number of benzene rings is 1. The Morgan fingerprint density at radius 2 is 1.76 bits per heavy atom. The molecule has 1 aromatic carbocycles. The fourth-order valence-electron chi connectivity index (χ4n) is 1.76. The van der Waals surface area contributed by atoms with Crippen LogP contribution < -0.4 is 0 Å². The van der Waals surface area contributed by atoms with E-state index in [1.165, 1.54) is 24.8 Å². The second-order valence-corrected chi connectivity index (χ2v) is 4.17. The van der Waals surface area contributed by atoms with E-state index in [1.807, 2.05) is 18.2 Å². The molecule has 92 valence electrons. The third-order valence-corrected chi connectivity index (χ3v) is 2.77. The van der Waals surface area contributed by atoms with E-state index in [0.29, 0.717) is 0 Å². The highest BCUT2D eigenvalue weighted by atomic mass is 16.6. The summed E-state index contributed by atoms with van der Waals surface area (Å²) in [5.41, 5.74) is 1.35. The monoisotopic (exact) mass is 233 g/mol. The minimum absolute atomic E-state index is 0.166. The van der Waals surface area contributed by atoms with Gasteiger partial charge in [-0.05, 0) is 31.2 Å². The lowest BCUT2D eigenvalue weighted by atomic mass is 10.1. The van der Waals surface area contributed by atoms with Gasteiger partial charge in [0.1, 0.15) is 0 Å². The number of nitrogens with zero attached hydrogens (tertiary/aromatic N) is 1. The lowest BCUT2D eigenvalue weighted by Crippen LogP contribution is -1.90. The first-order valence-electron chi connectivity index (χ1n) is 6.08. The van der Waals surface area contributed by atoms with Gasteiger partial charge < -0.3 is 0 Å². The number of rotatable bonds is 8. The summed E-state index contributed by atoms with van der Waals surface area (Å²) in [7, 11) is 0. The number of nitro benzene ring substituents is 1. The molecule has 1 aromatic rings. The minimum Gasteiger partial charge on any atom is -0.258 e. The van der Waals surface area contributed by atoms with Crippen molar-refractivity contribution in [3.63, 3.8) is 0 Å². The average Bonchev–Trinajstić information content (AvgIpc) is 2.34. The van der Waals surface area contributed by atoms with Crippen molar-refractivity contribution < 1.29 is 4.92 Å². The maximum absolute atomic E-state index is 10.5. The summed E-state index contributed by atoms with van der Waals surface area (Å²) in [6, 6.07) is 6.85. The van der Waals surface area contributed by atoms with Gasteiger partial charge in [0, 0.05) is 12.1 Å². The van der Waals surface area contributed by atoms with E-state index in [1.54, 1.807) is 12.1 Å². The molecule has 0 amide bonds. The molecule has 3 heteroatoms. The van der Waals surface area contributed by atoms with E-state index in [4.69, 9.17) is 0 Å². The molecule has 0 aromatic heterocycles. The predicted molar refractivity (Wildman–Crippen MR) is 70.1 cm³/mol. The number of nitro groups is 1. The highest BCUT2D eigenvalue weighted by molar-refractivity contribution is 5.32. The summed E-state index contributed by atoms with van der Waals surface area (Å²) in [6.07, 6.45) is 8.86. The largest absolute Gasteiger partial charge is 0.269 e. The second-order valence-electron chi connectivity index (χ2n) is 4.17. The van der Waals surface area contributed by atoms with E-state index < -0.39 is 0 Å². The number of aryl methyl sites for hydroxylation is 1. The maximum atomic E-state index is 10.5. The lowest BCUT2D eigenvalue weighted by molar-refractivity contribution is -0.384. The molecule has 0 aliphatic rings. The van der Waals surface area contributed by atoms with Crippen LogP contribution in [0.15, 0.2) is 36.9 Å². The molecular weight excluding hydrogens is 214 g/mol. The maximum Gasteiger partial charge on any atom is 0.269 e.